The van der Waals surface area contributed by atoms with Crippen LogP contribution < -0.4 is 0 Å². The Labute approximate surface area is 317 Å². The van der Waals surface area contributed by atoms with Gasteiger partial charge < -0.3 is 5.11 Å². The van der Waals surface area contributed by atoms with Gasteiger partial charge in [0.25, 0.3) is 0 Å². The van der Waals surface area contributed by atoms with Gasteiger partial charge in [-0.25, -0.2) is 0 Å². The molecule has 6 heteroatoms. The van der Waals surface area contributed by atoms with Gasteiger partial charge in [0.05, 0.1) is 17.4 Å². The van der Waals surface area contributed by atoms with Gasteiger partial charge in [-0.1, -0.05) is 144 Å². The number of halogens is 3. The molecule has 0 heterocycles. The smallest absolute Gasteiger partial charge is 0.169 e. The predicted octanol–water partition coefficient (Wildman–Crippen LogP) is 12.1. The summed E-state index contributed by atoms with van der Waals surface area (Å²) in [6.07, 6.45) is 0.0667. The topological polar surface area (TPSA) is 61.1 Å². The number of carbonyl (C=O) groups excluding carboxylic acids is 1. The molecule has 0 radical (unpaired) electrons. The van der Waals surface area contributed by atoms with Crippen LogP contribution in [-0.2, 0) is 11.0 Å². The molecule has 1 N–H and O–H groups in total. The molecule has 52 heavy (non-hydrogen) atoms. The Balaban J connectivity index is 1.48. The first-order valence-corrected chi connectivity index (χ1v) is 18.3. The van der Waals surface area contributed by atoms with Crippen LogP contribution in [0, 0.1) is 17.2 Å². The van der Waals surface area contributed by atoms with E-state index in [1.807, 2.05) is 121 Å². The second-order valence-corrected chi connectivity index (χ2v) is 15.0. The third-order valence-corrected chi connectivity index (χ3v) is 11.7. The molecule has 0 bridgehead atoms. The van der Waals surface area contributed by atoms with Crippen LogP contribution in [0.15, 0.2) is 158 Å². The molecular formula is C46H32Cl3NO2. The summed E-state index contributed by atoms with van der Waals surface area (Å²) in [5.41, 5.74) is 0.158. The van der Waals surface area contributed by atoms with E-state index in [4.69, 9.17) is 34.8 Å². The lowest BCUT2D eigenvalue weighted by atomic mass is 9.46. The van der Waals surface area contributed by atoms with Crippen LogP contribution in [0.4, 0.5) is 0 Å². The summed E-state index contributed by atoms with van der Waals surface area (Å²) in [7, 11) is 0. The molecule has 1 fully saturated rings. The van der Waals surface area contributed by atoms with Crippen molar-refractivity contribution in [2.45, 2.75) is 29.3 Å². The Kier molecular flexibility index (Phi) is 8.90. The highest BCUT2D eigenvalue weighted by Crippen LogP contribution is 2.64. The van der Waals surface area contributed by atoms with Gasteiger partial charge in [0.1, 0.15) is 5.60 Å². The maximum Gasteiger partial charge on any atom is 0.169 e. The van der Waals surface area contributed by atoms with Crippen molar-refractivity contribution in [3.05, 3.63) is 201 Å². The van der Waals surface area contributed by atoms with Crippen molar-refractivity contribution in [2.24, 2.45) is 5.92 Å². The lowest BCUT2D eigenvalue weighted by molar-refractivity contribution is -0.0737. The number of Topliss-reactive ketones (excluding diaryl/α,β-unsaturated/α-hetero) is 1. The van der Waals surface area contributed by atoms with E-state index < -0.39 is 28.8 Å². The number of ketones is 1. The van der Waals surface area contributed by atoms with Gasteiger partial charge in [-0.15, -0.1) is 0 Å². The fourth-order valence-corrected chi connectivity index (χ4v) is 8.90. The Morgan fingerprint density at radius 3 is 1.65 bits per heavy atom. The van der Waals surface area contributed by atoms with E-state index in [1.165, 1.54) is 0 Å². The minimum Gasteiger partial charge on any atom is -0.384 e. The molecule has 0 aliphatic heterocycles. The first-order valence-electron chi connectivity index (χ1n) is 17.1. The minimum absolute atomic E-state index is 0.0667. The van der Waals surface area contributed by atoms with Crippen LogP contribution in [-0.4, -0.2) is 10.9 Å². The van der Waals surface area contributed by atoms with Gasteiger partial charge in [0, 0.05) is 32.5 Å². The van der Waals surface area contributed by atoms with E-state index in [9.17, 15) is 10.4 Å². The molecule has 7 aromatic carbocycles. The number of aliphatic hydroxyl groups is 1. The van der Waals surface area contributed by atoms with E-state index in [2.05, 4.69) is 6.07 Å². The molecule has 7 aromatic rings. The van der Waals surface area contributed by atoms with Crippen LogP contribution in [0.2, 0.25) is 15.1 Å². The summed E-state index contributed by atoms with van der Waals surface area (Å²) in [5.74, 6) is -2.84. The van der Waals surface area contributed by atoms with Crippen molar-refractivity contribution in [3.8, 4) is 6.07 Å². The molecule has 0 aromatic heterocycles. The Morgan fingerprint density at radius 2 is 1.08 bits per heavy atom. The first kappa shape index (κ1) is 34.2. The van der Waals surface area contributed by atoms with Crippen molar-refractivity contribution in [1.82, 2.24) is 0 Å². The Bertz CT molecular complexity index is 2490. The normalized spacial score (nSPS) is 22.9. The second-order valence-electron chi connectivity index (χ2n) is 13.7. The number of fused-ring (bicyclic) bond motifs is 2. The highest BCUT2D eigenvalue weighted by Gasteiger charge is 2.64. The van der Waals surface area contributed by atoms with Crippen molar-refractivity contribution in [3.63, 3.8) is 0 Å². The van der Waals surface area contributed by atoms with E-state index in [1.54, 1.807) is 36.4 Å². The van der Waals surface area contributed by atoms with E-state index >= 15 is 4.79 Å². The molecule has 3 nitrogen and oxygen atoms in total. The second kappa shape index (κ2) is 13.6. The number of benzene rings is 7. The molecule has 8 rings (SSSR count). The van der Waals surface area contributed by atoms with Crippen molar-refractivity contribution in [2.75, 3.05) is 0 Å². The molecule has 1 saturated carbocycles. The van der Waals surface area contributed by atoms with Crippen molar-refractivity contribution in [1.29, 1.82) is 5.26 Å². The Hall–Kier alpha value is -4.95. The van der Waals surface area contributed by atoms with Crippen LogP contribution in [0.3, 0.4) is 0 Å². The summed E-state index contributed by atoms with van der Waals surface area (Å²) in [5, 5.41) is 30.9. The molecule has 254 valence electrons. The lowest BCUT2D eigenvalue weighted by Gasteiger charge is -2.56. The quantitative estimate of drug-likeness (QED) is 0.173. The zero-order valence-electron chi connectivity index (χ0n) is 27.9. The molecule has 1 aliphatic carbocycles. The van der Waals surface area contributed by atoms with Crippen molar-refractivity contribution >= 4 is 62.1 Å². The standard InChI is InChI=1S/C46H32Cl3NO2/c47-38-19-12-31(13-20-38)41-27-46(52,37-16-11-30-6-2-4-8-34(30)26-37)43(44(51)35-10-9-29-5-1-3-7-33(29)25-35)42(32-14-21-39(48)22-15-32)45(41,28-50)36-17-23-40(49)24-18-36/h1-26,41-43,52H,27H2/t41-,42-,43+,45-,46-/m0/s1. The molecule has 0 unspecified atom stereocenters. The summed E-state index contributed by atoms with van der Waals surface area (Å²) in [4.78, 5) is 15.6. The lowest BCUT2D eigenvalue weighted by Crippen LogP contribution is -2.58. The van der Waals surface area contributed by atoms with Crippen LogP contribution in [0.25, 0.3) is 21.5 Å². The number of hydrogen-bond donors (Lipinski definition) is 1. The third-order valence-electron chi connectivity index (χ3n) is 11.0. The fraction of sp³-hybridized carbons (Fsp3) is 0.130. The Morgan fingerprint density at radius 1 is 0.596 bits per heavy atom. The average molecular weight is 737 g/mol. The first-order chi connectivity index (χ1) is 25.2. The van der Waals surface area contributed by atoms with E-state index in [0.717, 1.165) is 27.1 Å². The van der Waals surface area contributed by atoms with Gasteiger partial charge in [0.15, 0.2) is 5.78 Å². The molecule has 0 amide bonds. The molecule has 0 spiro atoms. The number of rotatable bonds is 6. The molecule has 1 aliphatic rings. The summed E-state index contributed by atoms with van der Waals surface area (Å²) >= 11 is 19.4. The third kappa shape index (κ3) is 5.77. The predicted molar refractivity (Wildman–Crippen MR) is 211 cm³/mol. The number of carbonyl (C=O) groups is 1. The maximum absolute atomic E-state index is 15.6. The fourth-order valence-electron chi connectivity index (χ4n) is 8.52. The van der Waals surface area contributed by atoms with E-state index in [-0.39, 0.29) is 12.2 Å². The van der Waals surface area contributed by atoms with Crippen LogP contribution in [0.1, 0.15) is 50.9 Å². The zero-order chi connectivity index (χ0) is 36.0. The minimum atomic E-state index is -1.74. The average Bonchev–Trinajstić information content (AvgIpc) is 3.18. The molecule has 0 saturated heterocycles. The van der Waals surface area contributed by atoms with Gasteiger partial charge in [-0.3, -0.25) is 4.79 Å². The number of nitrogens with zero attached hydrogens (tertiary/aromatic N) is 1. The summed E-state index contributed by atoms with van der Waals surface area (Å²) in [6, 6.07) is 52.2. The van der Waals surface area contributed by atoms with Crippen LogP contribution in [0.5, 0.6) is 0 Å². The van der Waals surface area contributed by atoms with E-state index in [0.29, 0.717) is 37.3 Å². The van der Waals surface area contributed by atoms with Gasteiger partial charge in [-0.2, -0.15) is 5.26 Å². The monoisotopic (exact) mass is 735 g/mol. The highest BCUT2D eigenvalue weighted by atomic mass is 35.5. The van der Waals surface area contributed by atoms with Gasteiger partial charge >= 0.3 is 0 Å². The van der Waals surface area contributed by atoms with Gasteiger partial charge in [0.2, 0.25) is 0 Å². The highest BCUT2D eigenvalue weighted by molar-refractivity contribution is 6.31. The van der Waals surface area contributed by atoms with Crippen LogP contribution >= 0.6 is 34.8 Å². The molecule has 5 atom stereocenters. The van der Waals surface area contributed by atoms with Crippen molar-refractivity contribution < 1.29 is 9.90 Å². The zero-order valence-corrected chi connectivity index (χ0v) is 30.2. The molecular weight excluding hydrogens is 705 g/mol. The summed E-state index contributed by atoms with van der Waals surface area (Å²) < 4.78 is 0. The maximum atomic E-state index is 15.6. The SMILES string of the molecule is N#C[C@]1(c2ccc(Cl)cc2)[C@H](c2ccc(Cl)cc2)C[C@](O)(c2ccc3ccccc3c2)[C@@H](C(=O)c2ccc3ccccc3c2)[C@@H]1c1ccc(Cl)cc1. The van der Waals surface area contributed by atoms with Gasteiger partial charge in [-0.05, 0) is 98.8 Å². The largest absolute Gasteiger partial charge is 0.384 e. The summed E-state index contributed by atoms with van der Waals surface area (Å²) in [6.45, 7) is 0. The number of nitriles is 1. The number of hydrogen-bond acceptors (Lipinski definition) is 3.